The first-order chi connectivity index (χ1) is 7.97. The van der Waals surface area contributed by atoms with Crippen molar-refractivity contribution in [2.75, 3.05) is 14.1 Å². The van der Waals surface area contributed by atoms with Gasteiger partial charge in [-0.05, 0) is 17.7 Å². The SMILES string of the molecule is CN=C(NC)NCc1cccc(C(F)(F)F)c1. The summed E-state index contributed by atoms with van der Waals surface area (Å²) in [6.07, 6.45) is -4.30. The van der Waals surface area contributed by atoms with Crippen LogP contribution in [0.15, 0.2) is 29.3 Å². The number of benzene rings is 1. The Morgan fingerprint density at radius 3 is 2.59 bits per heavy atom. The van der Waals surface area contributed by atoms with Gasteiger partial charge in [-0.3, -0.25) is 4.99 Å². The van der Waals surface area contributed by atoms with E-state index in [1.54, 1.807) is 20.2 Å². The molecule has 0 saturated carbocycles. The minimum atomic E-state index is -4.30. The van der Waals surface area contributed by atoms with E-state index in [4.69, 9.17) is 0 Å². The van der Waals surface area contributed by atoms with Gasteiger partial charge in [0, 0.05) is 20.6 Å². The van der Waals surface area contributed by atoms with Gasteiger partial charge in [0.15, 0.2) is 5.96 Å². The highest BCUT2D eigenvalue weighted by atomic mass is 19.4. The lowest BCUT2D eigenvalue weighted by atomic mass is 10.1. The lowest BCUT2D eigenvalue weighted by Gasteiger charge is -2.11. The van der Waals surface area contributed by atoms with Gasteiger partial charge in [0.2, 0.25) is 0 Å². The van der Waals surface area contributed by atoms with Crippen LogP contribution in [0.4, 0.5) is 13.2 Å². The Balaban J connectivity index is 2.73. The van der Waals surface area contributed by atoms with Crippen molar-refractivity contribution in [1.82, 2.24) is 10.6 Å². The van der Waals surface area contributed by atoms with Crippen molar-refractivity contribution in [1.29, 1.82) is 0 Å². The van der Waals surface area contributed by atoms with Gasteiger partial charge < -0.3 is 10.6 Å². The summed E-state index contributed by atoms with van der Waals surface area (Å²) in [5.41, 5.74) is -0.0903. The van der Waals surface area contributed by atoms with Crippen LogP contribution in [-0.4, -0.2) is 20.1 Å². The molecule has 0 radical (unpaired) electrons. The molecule has 1 aromatic rings. The lowest BCUT2D eigenvalue weighted by Crippen LogP contribution is -2.34. The Hall–Kier alpha value is -1.72. The molecule has 0 aliphatic rings. The predicted molar refractivity (Wildman–Crippen MR) is 60.7 cm³/mol. The maximum absolute atomic E-state index is 12.4. The number of hydrogen-bond acceptors (Lipinski definition) is 1. The van der Waals surface area contributed by atoms with Crippen molar-refractivity contribution in [2.24, 2.45) is 4.99 Å². The Morgan fingerprint density at radius 1 is 1.35 bits per heavy atom. The zero-order chi connectivity index (χ0) is 12.9. The van der Waals surface area contributed by atoms with Crippen LogP contribution in [0, 0.1) is 0 Å². The highest BCUT2D eigenvalue weighted by Crippen LogP contribution is 2.29. The molecule has 0 unspecified atom stereocenters. The second-order valence-electron chi connectivity index (χ2n) is 3.37. The van der Waals surface area contributed by atoms with Crippen LogP contribution < -0.4 is 10.6 Å². The number of rotatable bonds is 2. The number of aliphatic imine (C=N–C) groups is 1. The average Bonchev–Trinajstić information content (AvgIpc) is 2.30. The van der Waals surface area contributed by atoms with E-state index >= 15 is 0 Å². The number of hydrogen-bond donors (Lipinski definition) is 2. The molecule has 6 heteroatoms. The van der Waals surface area contributed by atoms with Crippen molar-refractivity contribution in [3.05, 3.63) is 35.4 Å². The Kier molecular flexibility index (Phi) is 4.37. The van der Waals surface area contributed by atoms with Crippen LogP contribution in [0.3, 0.4) is 0 Å². The topological polar surface area (TPSA) is 36.4 Å². The van der Waals surface area contributed by atoms with E-state index in [-0.39, 0.29) is 6.54 Å². The average molecular weight is 245 g/mol. The predicted octanol–water partition coefficient (Wildman–Crippen LogP) is 2.00. The van der Waals surface area contributed by atoms with E-state index in [1.807, 2.05) is 0 Å². The molecule has 17 heavy (non-hydrogen) atoms. The first-order valence-corrected chi connectivity index (χ1v) is 5.02. The maximum atomic E-state index is 12.4. The largest absolute Gasteiger partial charge is 0.416 e. The van der Waals surface area contributed by atoms with Gasteiger partial charge in [-0.2, -0.15) is 13.2 Å². The number of nitrogens with one attached hydrogen (secondary N) is 2. The third kappa shape index (κ3) is 3.97. The van der Waals surface area contributed by atoms with Crippen LogP contribution in [-0.2, 0) is 12.7 Å². The zero-order valence-electron chi connectivity index (χ0n) is 9.60. The second-order valence-corrected chi connectivity index (χ2v) is 3.37. The minimum Gasteiger partial charge on any atom is -0.359 e. The molecule has 0 atom stereocenters. The second kappa shape index (κ2) is 5.56. The normalized spacial score (nSPS) is 12.4. The fourth-order valence-electron chi connectivity index (χ4n) is 1.32. The van der Waals surface area contributed by atoms with E-state index < -0.39 is 11.7 Å². The lowest BCUT2D eigenvalue weighted by molar-refractivity contribution is -0.137. The highest BCUT2D eigenvalue weighted by Gasteiger charge is 2.30. The van der Waals surface area contributed by atoms with Crippen molar-refractivity contribution in [3.63, 3.8) is 0 Å². The fraction of sp³-hybridized carbons (Fsp3) is 0.364. The highest BCUT2D eigenvalue weighted by molar-refractivity contribution is 5.79. The first kappa shape index (κ1) is 13.3. The molecule has 0 heterocycles. The molecular formula is C11H14F3N3. The molecule has 0 saturated heterocycles. The third-order valence-electron chi connectivity index (χ3n) is 2.17. The standard InChI is InChI=1S/C11H14F3N3/c1-15-10(16-2)17-7-8-4-3-5-9(6-8)11(12,13)14/h3-6H,7H2,1-2H3,(H2,15,16,17). The van der Waals surface area contributed by atoms with E-state index in [0.717, 1.165) is 12.1 Å². The van der Waals surface area contributed by atoms with Gasteiger partial charge in [-0.1, -0.05) is 12.1 Å². The van der Waals surface area contributed by atoms with Crippen LogP contribution in [0.5, 0.6) is 0 Å². The van der Waals surface area contributed by atoms with E-state index in [9.17, 15) is 13.2 Å². The molecule has 0 fully saturated rings. The van der Waals surface area contributed by atoms with Gasteiger partial charge in [-0.25, -0.2) is 0 Å². The van der Waals surface area contributed by atoms with E-state index in [0.29, 0.717) is 11.5 Å². The molecule has 1 rings (SSSR count). The Bertz CT molecular complexity index is 399. The summed E-state index contributed by atoms with van der Waals surface area (Å²) in [5.74, 6) is 0.530. The van der Waals surface area contributed by atoms with Crippen LogP contribution in [0.1, 0.15) is 11.1 Å². The summed E-state index contributed by atoms with van der Waals surface area (Å²) in [6, 6.07) is 5.19. The molecule has 0 aliphatic heterocycles. The van der Waals surface area contributed by atoms with Gasteiger partial charge >= 0.3 is 6.18 Å². The van der Waals surface area contributed by atoms with Crippen molar-refractivity contribution in [3.8, 4) is 0 Å². The summed E-state index contributed by atoms with van der Waals surface area (Å²) in [4.78, 5) is 3.86. The summed E-state index contributed by atoms with van der Waals surface area (Å²) < 4.78 is 37.3. The summed E-state index contributed by atoms with van der Waals surface area (Å²) in [6.45, 7) is 0.289. The van der Waals surface area contributed by atoms with Crippen molar-refractivity contribution >= 4 is 5.96 Å². The molecule has 1 aromatic carbocycles. The summed E-state index contributed by atoms with van der Waals surface area (Å²) in [5, 5.41) is 5.67. The number of alkyl halides is 3. The molecule has 3 nitrogen and oxygen atoms in total. The monoisotopic (exact) mass is 245 g/mol. The summed E-state index contributed by atoms with van der Waals surface area (Å²) in [7, 11) is 3.27. The smallest absolute Gasteiger partial charge is 0.359 e. The molecule has 0 aliphatic carbocycles. The quantitative estimate of drug-likeness (QED) is 0.617. The number of guanidine groups is 1. The molecular weight excluding hydrogens is 231 g/mol. The minimum absolute atomic E-state index is 0.289. The van der Waals surface area contributed by atoms with Crippen LogP contribution >= 0.6 is 0 Å². The van der Waals surface area contributed by atoms with Crippen molar-refractivity contribution < 1.29 is 13.2 Å². The van der Waals surface area contributed by atoms with Gasteiger partial charge in [-0.15, -0.1) is 0 Å². The van der Waals surface area contributed by atoms with Crippen molar-refractivity contribution in [2.45, 2.75) is 12.7 Å². The molecule has 0 amide bonds. The molecule has 2 N–H and O–H groups in total. The first-order valence-electron chi connectivity index (χ1n) is 5.02. The Morgan fingerprint density at radius 2 is 2.06 bits per heavy atom. The van der Waals surface area contributed by atoms with Gasteiger partial charge in [0.25, 0.3) is 0 Å². The molecule has 0 aromatic heterocycles. The summed E-state index contributed by atoms with van der Waals surface area (Å²) >= 11 is 0. The number of nitrogens with zero attached hydrogens (tertiary/aromatic N) is 1. The molecule has 0 spiro atoms. The van der Waals surface area contributed by atoms with Crippen LogP contribution in [0.2, 0.25) is 0 Å². The third-order valence-corrected chi connectivity index (χ3v) is 2.17. The van der Waals surface area contributed by atoms with Gasteiger partial charge in [0.1, 0.15) is 0 Å². The fourth-order valence-corrected chi connectivity index (χ4v) is 1.32. The van der Waals surface area contributed by atoms with E-state index in [1.165, 1.54) is 6.07 Å². The number of halogens is 3. The van der Waals surface area contributed by atoms with Gasteiger partial charge in [0.05, 0.1) is 5.56 Å². The molecule has 0 bridgehead atoms. The zero-order valence-corrected chi connectivity index (χ0v) is 9.60. The van der Waals surface area contributed by atoms with Crippen LogP contribution in [0.25, 0.3) is 0 Å². The maximum Gasteiger partial charge on any atom is 0.416 e. The Labute approximate surface area is 97.7 Å². The van der Waals surface area contributed by atoms with E-state index in [2.05, 4.69) is 15.6 Å². The molecule has 94 valence electrons.